The van der Waals surface area contributed by atoms with Crippen LogP contribution < -0.4 is 10.1 Å². The summed E-state index contributed by atoms with van der Waals surface area (Å²) in [5, 5.41) is 7.05. The van der Waals surface area contributed by atoms with E-state index in [2.05, 4.69) is 10.5 Å². The number of benzene rings is 1. The third-order valence-electron chi connectivity index (χ3n) is 3.68. The first kappa shape index (κ1) is 13.0. The SMILES string of the molecule is COc1ccc(C2=NO[C@](C)(C(=O)NC3CC3)C2)cc1. The fourth-order valence-electron chi connectivity index (χ4n) is 2.17. The summed E-state index contributed by atoms with van der Waals surface area (Å²) >= 11 is 0. The van der Waals surface area contributed by atoms with Crippen LogP contribution in [0.1, 0.15) is 31.7 Å². The van der Waals surface area contributed by atoms with Gasteiger partial charge in [-0.05, 0) is 49.6 Å². The number of amides is 1. The van der Waals surface area contributed by atoms with E-state index < -0.39 is 5.60 Å². The smallest absolute Gasteiger partial charge is 0.267 e. The van der Waals surface area contributed by atoms with Gasteiger partial charge in [-0.1, -0.05) is 5.16 Å². The Kier molecular flexibility index (Phi) is 3.12. The van der Waals surface area contributed by atoms with Gasteiger partial charge in [-0.2, -0.15) is 0 Å². The molecule has 0 unspecified atom stereocenters. The van der Waals surface area contributed by atoms with Crippen molar-refractivity contribution in [2.24, 2.45) is 5.16 Å². The topological polar surface area (TPSA) is 59.9 Å². The number of nitrogens with zero attached hydrogens (tertiary/aromatic N) is 1. The molecule has 1 atom stereocenters. The third-order valence-corrected chi connectivity index (χ3v) is 3.68. The maximum atomic E-state index is 12.2. The number of ether oxygens (including phenoxy) is 1. The van der Waals surface area contributed by atoms with Gasteiger partial charge in [0.2, 0.25) is 5.60 Å². The standard InChI is InChI=1S/C15H18N2O3/c1-15(14(18)16-11-5-6-11)9-13(17-20-15)10-3-7-12(19-2)8-4-10/h3-4,7-8,11H,5-6,9H2,1-2H3,(H,16,18)/t15-/m0/s1. The Hall–Kier alpha value is -2.04. The summed E-state index contributed by atoms with van der Waals surface area (Å²) in [6, 6.07) is 7.92. The lowest BCUT2D eigenvalue weighted by molar-refractivity contribution is -0.141. The molecular weight excluding hydrogens is 256 g/mol. The Morgan fingerprint density at radius 1 is 1.40 bits per heavy atom. The first-order chi connectivity index (χ1) is 9.60. The normalized spacial score (nSPS) is 24.8. The van der Waals surface area contributed by atoms with Crippen molar-refractivity contribution in [2.75, 3.05) is 7.11 Å². The number of rotatable bonds is 4. The van der Waals surface area contributed by atoms with E-state index in [0.29, 0.717) is 12.5 Å². The molecule has 1 heterocycles. The van der Waals surface area contributed by atoms with Gasteiger partial charge < -0.3 is 14.9 Å². The minimum Gasteiger partial charge on any atom is -0.497 e. The molecule has 1 aliphatic carbocycles. The maximum absolute atomic E-state index is 12.2. The van der Waals surface area contributed by atoms with Crippen LogP contribution in [-0.4, -0.2) is 30.4 Å². The highest BCUT2D eigenvalue weighted by molar-refractivity contribution is 6.05. The number of oxime groups is 1. The van der Waals surface area contributed by atoms with Gasteiger partial charge in [0.05, 0.1) is 12.8 Å². The van der Waals surface area contributed by atoms with Crippen molar-refractivity contribution in [1.82, 2.24) is 5.32 Å². The Balaban J connectivity index is 1.69. The third kappa shape index (κ3) is 2.48. The van der Waals surface area contributed by atoms with Crippen molar-refractivity contribution in [3.05, 3.63) is 29.8 Å². The van der Waals surface area contributed by atoms with Gasteiger partial charge in [0.25, 0.3) is 5.91 Å². The van der Waals surface area contributed by atoms with E-state index in [1.54, 1.807) is 14.0 Å². The first-order valence-corrected chi connectivity index (χ1v) is 6.81. The van der Waals surface area contributed by atoms with Crippen molar-refractivity contribution in [1.29, 1.82) is 0 Å². The maximum Gasteiger partial charge on any atom is 0.267 e. The molecule has 3 rings (SSSR count). The largest absolute Gasteiger partial charge is 0.497 e. The van der Waals surface area contributed by atoms with E-state index in [4.69, 9.17) is 9.57 Å². The average Bonchev–Trinajstić information content (AvgIpc) is 3.19. The number of carbonyl (C=O) groups is 1. The molecule has 1 saturated carbocycles. The number of nitrogens with one attached hydrogen (secondary N) is 1. The number of hydrogen-bond donors (Lipinski definition) is 1. The highest BCUT2D eigenvalue weighted by atomic mass is 16.7. The quantitative estimate of drug-likeness (QED) is 0.911. The average molecular weight is 274 g/mol. The van der Waals surface area contributed by atoms with Gasteiger partial charge in [-0.25, -0.2) is 0 Å². The van der Waals surface area contributed by atoms with Crippen LogP contribution in [0.3, 0.4) is 0 Å². The summed E-state index contributed by atoms with van der Waals surface area (Å²) in [5.74, 6) is 0.717. The van der Waals surface area contributed by atoms with E-state index in [9.17, 15) is 4.79 Å². The highest BCUT2D eigenvalue weighted by Crippen LogP contribution is 2.29. The lowest BCUT2D eigenvalue weighted by Crippen LogP contribution is -2.45. The Morgan fingerprint density at radius 2 is 2.10 bits per heavy atom. The predicted octanol–water partition coefficient (Wildman–Crippen LogP) is 1.86. The van der Waals surface area contributed by atoms with Gasteiger partial charge in [0, 0.05) is 12.5 Å². The van der Waals surface area contributed by atoms with E-state index in [-0.39, 0.29) is 5.91 Å². The minimum absolute atomic E-state index is 0.0766. The molecule has 5 nitrogen and oxygen atoms in total. The molecule has 0 aromatic heterocycles. The summed E-state index contributed by atoms with van der Waals surface area (Å²) < 4.78 is 5.13. The van der Waals surface area contributed by atoms with Crippen molar-refractivity contribution in [2.45, 2.75) is 37.8 Å². The summed E-state index contributed by atoms with van der Waals surface area (Å²) in [6.45, 7) is 1.78. The molecule has 0 radical (unpaired) electrons. The zero-order chi connectivity index (χ0) is 14.2. The Bertz CT molecular complexity index is 549. The summed E-state index contributed by atoms with van der Waals surface area (Å²) in [6.07, 6.45) is 2.61. The van der Waals surface area contributed by atoms with Crippen LogP contribution in [0.4, 0.5) is 0 Å². The molecular formula is C15H18N2O3. The van der Waals surface area contributed by atoms with Crippen LogP contribution in [0.5, 0.6) is 5.75 Å². The van der Waals surface area contributed by atoms with Crippen LogP contribution in [-0.2, 0) is 9.63 Å². The van der Waals surface area contributed by atoms with Crippen LogP contribution in [0.2, 0.25) is 0 Å². The van der Waals surface area contributed by atoms with E-state index in [1.807, 2.05) is 24.3 Å². The molecule has 1 aromatic carbocycles. The minimum atomic E-state index is -0.891. The molecule has 0 spiro atoms. The highest BCUT2D eigenvalue weighted by Gasteiger charge is 2.43. The zero-order valence-electron chi connectivity index (χ0n) is 11.7. The molecule has 0 bridgehead atoms. The van der Waals surface area contributed by atoms with Gasteiger partial charge in [-0.15, -0.1) is 0 Å². The molecule has 1 N–H and O–H groups in total. The molecule has 5 heteroatoms. The predicted molar refractivity (Wildman–Crippen MR) is 74.8 cm³/mol. The molecule has 1 fully saturated rings. The number of carbonyl (C=O) groups excluding carboxylic acids is 1. The summed E-state index contributed by atoms with van der Waals surface area (Å²) in [4.78, 5) is 17.6. The molecule has 20 heavy (non-hydrogen) atoms. The molecule has 2 aliphatic rings. The van der Waals surface area contributed by atoms with Gasteiger partial charge >= 0.3 is 0 Å². The number of methoxy groups -OCH3 is 1. The fraction of sp³-hybridized carbons (Fsp3) is 0.467. The second-order valence-electron chi connectivity index (χ2n) is 5.51. The number of hydrogen-bond acceptors (Lipinski definition) is 4. The second kappa shape index (κ2) is 4.81. The Labute approximate surface area is 117 Å². The monoisotopic (exact) mass is 274 g/mol. The zero-order valence-corrected chi connectivity index (χ0v) is 11.7. The second-order valence-corrected chi connectivity index (χ2v) is 5.51. The van der Waals surface area contributed by atoms with Crippen molar-refractivity contribution in [3.8, 4) is 5.75 Å². The van der Waals surface area contributed by atoms with Crippen molar-refractivity contribution in [3.63, 3.8) is 0 Å². The van der Waals surface area contributed by atoms with E-state index in [1.165, 1.54) is 0 Å². The van der Waals surface area contributed by atoms with Crippen LogP contribution in [0, 0.1) is 0 Å². The van der Waals surface area contributed by atoms with Crippen LogP contribution >= 0.6 is 0 Å². The van der Waals surface area contributed by atoms with Crippen molar-refractivity contribution >= 4 is 11.6 Å². The van der Waals surface area contributed by atoms with Crippen LogP contribution in [0.25, 0.3) is 0 Å². The van der Waals surface area contributed by atoms with Crippen molar-refractivity contribution < 1.29 is 14.4 Å². The molecule has 1 aliphatic heterocycles. The first-order valence-electron chi connectivity index (χ1n) is 6.81. The molecule has 106 valence electrons. The lowest BCUT2D eigenvalue weighted by Gasteiger charge is -2.20. The van der Waals surface area contributed by atoms with Gasteiger partial charge in [0.1, 0.15) is 5.75 Å². The van der Waals surface area contributed by atoms with E-state index >= 15 is 0 Å². The van der Waals surface area contributed by atoms with Gasteiger partial charge in [-0.3, -0.25) is 4.79 Å². The van der Waals surface area contributed by atoms with E-state index in [0.717, 1.165) is 29.9 Å². The summed E-state index contributed by atoms with van der Waals surface area (Å²) in [5.41, 5.74) is 0.854. The Morgan fingerprint density at radius 3 is 2.70 bits per heavy atom. The summed E-state index contributed by atoms with van der Waals surface area (Å²) in [7, 11) is 1.63. The molecule has 1 amide bonds. The lowest BCUT2D eigenvalue weighted by atomic mass is 9.95. The molecule has 1 aromatic rings. The van der Waals surface area contributed by atoms with Gasteiger partial charge in [0.15, 0.2) is 0 Å². The van der Waals surface area contributed by atoms with Crippen LogP contribution in [0.15, 0.2) is 29.4 Å². The molecule has 0 saturated heterocycles. The fourth-order valence-corrected chi connectivity index (χ4v) is 2.17.